The molecular weight excluding hydrogens is 507 g/mol. The van der Waals surface area contributed by atoms with Crippen LogP contribution in [-0.2, 0) is 4.57 Å². The Morgan fingerprint density at radius 3 is 2.00 bits per heavy atom. The molecule has 0 saturated heterocycles. The highest BCUT2D eigenvalue weighted by molar-refractivity contribution is 7.86. The van der Waals surface area contributed by atoms with Gasteiger partial charge in [0.1, 0.15) is 5.82 Å². The number of rotatable bonds is 3. The van der Waals surface area contributed by atoms with Gasteiger partial charge in [-0.25, -0.2) is 4.98 Å². The van der Waals surface area contributed by atoms with Gasteiger partial charge in [0, 0.05) is 15.9 Å². The lowest BCUT2D eigenvalue weighted by molar-refractivity contribution is 0.592. The van der Waals surface area contributed by atoms with E-state index in [1.807, 2.05) is 55.5 Å². The van der Waals surface area contributed by atoms with Gasteiger partial charge < -0.3 is 4.57 Å². The number of imidazole rings is 1. The molecule has 2 heterocycles. The second-order valence-electron chi connectivity index (χ2n) is 10.4. The van der Waals surface area contributed by atoms with Crippen molar-refractivity contribution >= 4 is 44.9 Å². The first-order chi connectivity index (χ1) is 19.6. The summed E-state index contributed by atoms with van der Waals surface area (Å²) >= 11 is 0. The summed E-state index contributed by atoms with van der Waals surface area (Å²) in [5, 5.41) is 5.04. The van der Waals surface area contributed by atoms with Gasteiger partial charge in [-0.1, -0.05) is 103 Å². The zero-order valence-corrected chi connectivity index (χ0v) is 22.8. The van der Waals surface area contributed by atoms with Crippen LogP contribution in [-0.4, -0.2) is 9.55 Å². The summed E-state index contributed by atoms with van der Waals surface area (Å²) in [5.41, 5.74) is 7.29. The van der Waals surface area contributed by atoms with E-state index >= 15 is 4.57 Å². The van der Waals surface area contributed by atoms with Gasteiger partial charge in [-0.3, -0.25) is 4.57 Å². The zero-order valence-electron chi connectivity index (χ0n) is 22.0. The maximum Gasteiger partial charge on any atom is 0.175 e. The van der Waals surface area contributed by atoms with Gasteiger partial charge in [-0.15, -0.1) is 0 Å². The molecule has 7 aromatic rings. The first-order valence-electron chi connectivity index (χ1n) is 13.5. The van der Waals surface area contributed by atoms with E-state index in [1.54, 1.807) is 0 Å². The average Bonchev–Trinajstić information content (AvgIpc) is 3.36. The minimum atomic E-state index is -3.14. The highest BCUT2D eigenvalue weighted by Gasteiger charge is 2.39. The standard InChI is InChI=1S/C36H25N2OP/c1-24-37-32-12-7-13-34-36(32)38(24)33-21-20-30(23-35(33)40(34,39)31-10-3-2-4-11-31)27-16-14-26(15-17-27)29-19-18-25-8-5-6-9-28(25)22-29/h2-23H,1H3. The predicted octanol–water partition coefficient (Wildman–Crippen LogP) is 7.77. The molecule has 190 valence electrons. The van der Waals surface area contributed by atoms with E-state index < -0.39 is 7.14 Å². The van der Waals surface area contributed by atoms with Crippen LogP contribution in [0.15, 0.2) is 133 Å². The van der Waals surface area contributed by atoms with Crippen molar-refractivity contribution in [1.29, 1.82) is 0 Å². The number of aryl methyl sites for hydroxylation is 1. The first-order valence-corrected chi connectivity index (χ1v) is 15.2. The second-order valence-corrected chi connectivity index (χ2v) is 13.1. The molecule has 1 aliphatic heterocycles. The second kappa shape index (κ2) is 8.64. The first kappa shape index (κ1) is 23.2. The molecule has 8 rings (SSSR count). The number of fused-ring (bicyclic) bond motifs is 3. The largest absolute Gasteiger partial charge is 0.308 e. The van der Waals surface area contributed by atoms with E-state index in [0.29, 0.717) is 0 Å². The van der Waals surface area contributed by atoms with Crippen LogP contribution in [0.2, 0.25) is 0 Å². The van der Waals surface area contributed by atoms with Gasteiger partial charge in [0.25, 0.3) is 0 Å². The summed E-state index contributed by atoms with van der Waals surface area (Å²) < 4.78 is 17.5. The van der Waals surface area contributed by atoms with Gasteiger partial charge in [-0.05, 0) is 70.3 Å². The van der Waals surface area contributed by atoms with Crippen molar-refractivity contribution in [3.05, 3.63) is 139 Å². The molecule has 0 N–H and O–H groups in total. The Kier molecular flexibility index (Phi) is 5.01. The molecule has 40 heavy (non-hydrogen) atoms. The van der Waals surface area contributed by atoms with Crippen molar-refractivity contribution in [2.75, 3.05) is 0 Å². The molecule has 0 fully saturated rings. The van der Waals surface area contributed by atoms with Crippen LogP contribution in [0.5, 0.6) is 0 Å². The van der Waals surface area contributed by atoms with Gasteiger partial charge in [0.05, 0.1) is 16.7 Å². The zero-order chi connectivity index (χ0) is 26.8. The minimum absolute atomic E-state index is 0.845. The Labute approximate surface area is 232 Å². The van der Waals surface area contributed by atoms with Gasteiger partial charge >= 0.3 is 0 Å². The van der Waals surface area contributed by atoms with Crippen LogP contribution in [0, 0.1) is 6.92 Å². The molecule has 1 atom stereocenters. The van der Waals surface area contributed by atoms with E-state index in [0.717, 1.165) is 49.6 Å². The van der Waals surface area contributed by atoms with Crippen molar-refractivity contribution in [2.24, 2.45) is 0 Å². The lowest BCUT2D eigenvalue weighted by Crippen LogP contribution is -2.33. The lowest BCUT2D eigenvalue weighted by Gasteiger charge is -2.29. The summed E-state index contributed by atoms with van der Waals surface area (Å²) in [4.78, 5) is 4.82. The molecule has 0 amide bonds. The third kappa shape index (κ3) is 3.31. The molecule has 0 saturated carbocycles. The summed E-state index contributed by atoms with van der Waals surface area (Å²) in [6.07, 6.45) is 0. The van der Waals surface area contributed by atoms with E-state index in [4.69, 9.17) is 4.98 Å². The average molecular weight is 533 g/mol. The maximum atomic E-state index is 15.4. The smallest absolute Gasteiger partial charge is 0.175 e. The third-order valence-electron chi connectivity index (χ3n) is 8.14. The van der Waals surface area contributed by atoms with Crippen molar-refractivity contribution in [3.63, 3.8) is 0 Å². The van der Waals surface area contributed by atoms with Crippen LogP contribution in [0.25, 0.3) is 49.7 Å². The number of benzene rings is 6. The molecule has 0 spiro atoms. The van der Waals surface area contributed by atoms with E-state index in [1.165, 1.54) is 21.9 Å². The highest BCUT2D eigenvalue weighted by atomic mass is 31.2. The maximum absolute atomic E-state index is 15.4. The summed E-state index contributed by atoms with van der Waals surface area (Å²) in [6.45, 7) is 2.02. The summed E-state index contributed by atoms with van der Waals surface area (Å²) in [6, 6.07) is 46.0. The molecule has 1 aliphatic rings. The number of nitrogens with zero attached hydrogens (tertiary/aromatic N) is 2. The summed E-state index contributed by atoms with van der Waals surface area (Å²) in [5.74, 6) is 0.899. The van der Waals surface area contributed by atoms with Crippen LogP contribution in [0.4, 0.5) is 0 Å². The normalized spacial score (nSPS) is 15.8. The minimum Gasteiger partial charge on any atom is -0.308 e. The fraction of sp³-hybridized carbons (Fsp3) is 0.0278. The molecule has 0 aliphatic carbocycles. The SMILES string of the molecule is Cc1nc2cccc3c2n1-c1ccc(-c2ccc(-c4ccc5ccccc5c4)cc2)cc1P3(=O)c1ccccc1. The van der Waals surface area contributed by atoms with Gasteiger partial charge in [0.15, 0.2) is 7.14 Å². The fourth-order valence-electron chi connectivity index (χ4n) is 6.19. The Hall–Kier alpha value is -4.72. The Morgan fingerprint density at radius 1 is 0.575 bits per heavy atom. The number of aromatic nitrogens is 2. The third-order valence-corrected chi connectivity index (χ3v) is 11.2. The van der Waals surface area contributed by atoms with Crippen LogP contribution in [0.1, 0.15) is 5.82 Å². The highest BCUT2D eigenvalue weighted by Crippen LogP contribution is 2.49. The van der Waals surface area contributed by atoms with E-state index in [2.05, 4.69) is 89.5 Å². The number of para-hydroxylation sites is 1. The Balaban J connectivity index is 1.29. The van der Waals surface area contributed by atoms with Crippen LogP contribution >= 0.6 is 7.14 Å². The molecule has 1 unspecified atom stereocenters. The Morgan fingerprint density at radius 2 is 1.23 bits per heavy atom. The monoisotopic (exact) mass is 532 g/mol. The fourth-order valence-corrected chi connectivity index (χ4v) is 9.22. The number of hydrogen-bond acceptors (Lipinski definition) is 2. The van der Waals surface area contributed by atoms with Gasteiger partial charge in [0.2, 0.25) is 0 Å². The quantitative estimate of drug-likeness (QED) is 0.218. The van der Waals surface area contributed by atoms with Crippen molar-refractivity contribution < 1.29 is 4.57 Å². The molecule has 0 bridgehead atoms. The van der Waals surface area contributed by atoms with Crippen LogP contribution < -0.4 is 15.9 Å². The lowest BCUT2D eigenvalue weighted by atomic mass is 9.98. The molecule has 4 heteroatoms. The van der Waals surface area contributed by atoms with E-state index in [9.17, 15) is 0 Å². The summed E-state index contributed by atoms with van der Waals surface area (Å²) in [7, 11) is -3.14. The number of hydrogen-bond donors (Lipinski definition) is 0. The molecular formula is C36H25N2OP. The van der Waals surface area contributed by atoms with Crippen molar-refractivity contribution in [1.82, 2.24) is 9.55 Å². The van der Waals surface area contributed by atoms with Gasteiger partial charge in [-0.2, -0.15) is 0 Å². The predicted molar refractivity (Wildman–Crippen MR) is 167 cm³/mol. The van der Waals surface area contributed by atoms with Crippen molar-refractivity contribution in [3.8, 4) is 27.9 Å². The topological polar surface area (TPSA) is 34.9 Å². The molecule has 0 radical (unpaired) electrons. The Bertz CT molecular complexity index is 2140. The van der Waals surface area contributed by atoms with E-state index in [-0.39, 0.29) is 0 Å². The van der Waals surface area contributed by atoms with Crippen molar-refractivity contribution in [2.45, 2.75) is 6.92 Å². The molecule has 1 aromatic heterocycles. The molecule has 3 nitrogen and oxygen atoms in total. The molecule has 6 aromatic carbocycles. The van der Waals surface area contributed by atoms with Crippen LogP contribution in [0.3, 0.4) is 0 Å².